The minimum Gasteiger partial charge on any atom is -0.486 e. The lowest BCUT2D eigenvalue weighted by atomic mass is 10.2. The number of benzene rings is 1. The van der Waals surface area contributed by atoms with E-state index in [0.717, 1.165) is 6.07 Å². The molecule has 4 nitrogen and oxygen atoms in total. The third-order valence-corrected chi connectivity index (χ3v) is 2.13. The molecule has 16 heavy (non-hydrogen) atoms. The highest BCUT2D eigenvalue weighted by Gasteiger charge is 2.20. The molecule has 1 aliphatic heterocycles. The number of carbonyl (C=O) groups excluding carboxylic acids is 1. The number of rotatable bonds is 2. The van der Waals surface area contributed by atoms with Crippen molar-refractivity contribution in [2.45, 2.75) is 6.92 Å². The molecule has 0 aromatic heterocycles. The van der Waals surface area contributed by atoms with Crippen LogP contribution in [0, 0.1) is 5.82 Å². The van der Waals surface area contributed by atoms with Gasteiger partial charge in [0.15, 0.2) is 11.5 Å². The van der Waals surface area contributed by atoms with Crippen LogP contribution in [-0.2, 0) is 4.74 Å². The molecule has 0 bridgehead atoms. The fourth-order valence-corrected chi connectivity index (χ4v) is 1.43. The molecule has 0 amide bonds. The molecule has 0 atom stereocenters. The van der Waals surface area contributed by atoms with Crippen molar-refractivity contribution in [1.29, 1.82) is 0 Å². The topological polar surface area (TPSA) is 44.8 Å². The molecule has 0 saturated carbocycles. The SMILES string of the molecule is CCOC(=O)c1cc2c(cc1F)OCCO2. The van der Waals surface area contributed by atoms with Crippen molar-refractivity contribution in [2.24, 2.45) is 0 Å². The zero-order valence-corrected chi connectivity index (χ0v) is 8.79. The predicted molar refractivity (Wildman–Crippen MR) is 53.3 cm³/mol. The van der Waals surface area contributed by atoms with Gasteiger partial charge in [-0.2, -0.15) is 0 Å². The molecule has 0 radical (unpaired) electrons. The Labute approximate surface area is 91.9 Å². The van der Waals surface area contributed by atoms with Gasteiger partial charge in [0.25, 0.3) is 0 Å². The number of ether oxygens (including phenoxy) is 3. The van der Waals surface area contributed by atoms with Gasteiger partial charge in [0.2, 0.25) is 0 Å². The number of halogens is 1. The van der Waals surface area contributed by atoms with Crippen molar-refractivity contribution in [3.63, 3.8) is 0 Å². The molecule has 0 aliphatic carbocycles. The third kappa shape index (κ3) is 1.93. The summed E-state index contributed by atoms with van der Waals surface area (Å²) in [4.78, 5) is 11.4. The van der Waals surface area contributed by atoms with Gasteiger partial charge in [-0.1, -0.05) is 0 Å². The Morgan fingerprint density at radius 3 is 2.62 bits per heavy atom. The smallest absolute Gasteiger partial charge is 0.341 e. The van der Waals surface area contributed by atoms with Crippen LogP contribution in [0.3, 0.4) is 0 Å². The second-order valence-electron chi connectivity index (χ2n) is 3.20. The zero-order chi connectivity index (χ0) is 11.5. The summed E-state index contributed by atoms with van der Waals surface area (Å²) in [6.45, 7) is 2.63. The average molecular weight is 226 g/mol. The van der Waals surface area contributed by atoms with Gasteiger partial charge in [0, 0.05) is 12.1 Å². The van der Waals surface area contributed by atoms with Crippen LogP contribution in [0.5, 0.6) is 11.5 Å². The second kappa shape index (κ2) is 4.38. The minimum atomic E-state index is -0.697. The third-order valence-electron chi connectivity index (χ3n) is 2.13. The van der Waals surface area contributed by atoms with Gasteiger partial charge >= 0.3 is 5.97 Å². The number of fused-ring (bicyclic) bond motifs is 1. The summed E-state index contributed by atoms with van der Waals surface area (Å²) in [5, 5.41) is 0. The summed E-state index contributed by atoms with van der Waals surface area (Å²) in [6.07, 6.45) is 0. The molecule has 0 spiro atoms. The van der Waals surface area contributed by atoms with E-state index in [1.54, 1.807) is 6.92 Å². The summed E-state index contributed by atoms with van der Waals surface area (Å²) in [5.41, 5.74) is -0.133. The first-order chi connectivity index (χ1) is 7.72. The van der Waals surface area contributed by atoms with Crippen LogP contribution in [0.15, 0.2) is 12.1 Å². The molecule has 1 heterocycles. The van der Waals surface area contributed by atoms with Crippen LogP contribution in [-0.4, -0.2) is 25.8 Å². The van der Waals surface area contributed by atoms with E-state index in [-0.39, 0.29) is 12.2 Å². The van der Waals surface area contributed by atoms with Crippen molar-refractivity contribution in [2.75, 3.05) is 19.8 Å². The molecular formula is C11H11FO4. The molecule has 5 heteroatoms. The monoisotopic (exact) mass is 226 g/mol. The van der Waals surface area contributed by atoms with Crippen molar-refractivity contribution < 1.29 is 23.4 Å². The largest absolute Gasteiger partial charge is 0.486 e. The first-order valence-corrected chi connectivity index (χ1v) is 4.98. The molecule has 0 fully saturated rings. The fourth-order valence-electron chi connectivity index (χ4n) is 1.43. The average Bonchev–Trinajstić information content (AvgIpc) is 2.28. The van der Waals surface area contributed by atoms with E-state index in [4.69, 9.17) is 14.2 Å². The highest BCUT2D eigenvalue weighted by Crippen LogP contribution is 2.32. The van der Waals surface area contributed by atoms with Crippen LogP contribution >= 0.6 is 0 Å². The van der Waals surface area contributed by atoms with Gasteiger partial charge in [0.1, 0.15) is 19.0 Å². The number of carbonyl (C=O) groups is 1. The first kappa shape index (κ1) is 10.7. The molecular weight excluding hydrogens is 215 g/mol. The highest BCUT2D eigenvalue weighted by atomic mass is 19.1. The lowest BCUT2D eigenvalue weighted by Crippen LogP contribution is -2.17. The van der Waals surface area contributed by atoms with E-state index in [1.165, 1.54) is 6.07 Å². The molecule has 0 saturated heterocycles. The maximum Gasteiger partial charge on any atom is 0.341 e. The predicted octanol–water partition coefficient (Wildman–Crippen LogP) is 1.77. The molecule has 1 aromatic rings. The first-order valence-electron chi connectivity index (χ1n) is 4.98. The van der Waals surface area contributed by atoms with Gasteiger partial charge in [0.05, 0.1) is 12.2 Å². The van der Waals surface area contributed by atoms with Crippen molar-refractivity contribution in [1.82, 2.24) is 0 Å². The molecule has 0 N–H and O–H groups in total. The summed E-state index contributed by atoms with van der Waals surface area (Å²) in [7, 11) is 0. The molecule has 1 aromatic carbocycles. The van der Waals surface area contributed by atoms with Gasteiger partial charge in [-0.25, -0.2) is 9.18 Å². The van der Waals surface area contributed by atoms with E-state index in [1.807, 2.05) is 0 Å². The Bertz CT molecular complexity index is 417. The van der Waals surface area contributed by atoms with Crippen LogP contribution < -0.4 is 9.47 Å². The summed E-state index contributed by atoms with van der Waals surface area (Å²) < 4.78 is 28.7. The number of hydrogen-bond acceptors (Lipinski definition) is 4. The number of hydrogen-bond donors (Lipinski definition) is 0. The Morgan fingerprint density at radius 2 is 2.00 bits per heavy atom. The van der Waals surface area contributed by atoms with Crippen molar-refractivity contribution in [3.05, 3.63) is 23.5 Å². The summed E-state index contributed by atoms with van der Waals surface area (Å²) in [6, 6.07) is 2.45. The standard InChI is InChI=1S/C11H11FO4/c1-2-14-11(13)7-5-9-10(6-8(7)12)16-4-3-15-9/h5-6H,2-4H2,1H3. The summed E-state index contributed by atoms with van der Waals surface area (Å²) in [5.74, 6) is -0.674. The zero-order valence-electron chi connectivity index (χ0n) is 8.79. The quantitative estimate of drug-likeness (QED) is 0.721. The molecule has 86 valence electrons. The number of esters is 1. The molecule has 2 rings (SSSR count). The minimum absolute atomic E-state index is 0.133. The van der Waals surface area contributed by atoms with E-state index in [2.05, 4.69) is 0 Å². The van der Waals surface area contributed by atoms with Crippen LogP contribution in [0.25, 0.3) is 0 Å². The van der Waals surface area contributed by atoms with Crippen LogP contribution in [0.2, 0.25) is 0 Å². The Balaban J connectivity index is 2.35. The Kier molecular flexibility index (Phi) is 2.94. The van der Waals surface area contributed by atoms with E-state index >= 15 is 0 Å². The fraction of sp³-hybridized carbons (Fsp3) is 0.364. The van der Waals surface area contributed by atoms with Gasteiger partial charge in [-0.05, 0) is 6.92 Å². The van der Waals surface area contributed by atoms with Crippen molar-refractivity contribution >= 4 is 5.97 Å². The normalized spacial score (nSPS) is 13.4. The van der Waals surface area contributed by atoms with Crippen molar-refractivity contribution in [3.8, 4) is 11.5 Å². The van der Waals surface area contributed by atoms with E-state index in [9.17, 15) is 9.18 Å². The Morgan fingerprint density at radius 1 is 1.38 bits per heavy atom. The maximum absolute atomic E-state index is 13.5. The van der Waals surface area contributed by atoms with E-state index < -0.39 is 11.8 Å². The maximum atomic E-state index is 13.5. The second-order valence-corrected chi connectivity index (χ2v) is 3.20. The summed E-state index contributed by atoms with van der Waals surface area (Å²) >= 11 is 0. The van der Waals surface area contributed by atoms with Crippen LogP contribution in [0.4, 0.5) is 4.39 Å². The Hall–Kier alpha value is -1.78. The van der Waals surface area contributed by atoms with Gasteiger partial charge < -0.3 is 14.2 Å². The van der Waals surface area contributed by atoms with Crippen LogP contribution in [0.1, 0.15) is 17.3 Å². The van der Waals surface area contributed by atoms with Gasteiger partial charge in [-0.15, -0.1) is 0 Å². The lowest BCUT2D eigenvalue weighted by molar-refractivity contribution is 0.0519. The molecule has 1 aliphatic rings. The van der Waals surface area contributed by atoms with Gasteiger partial charge in [-0.3, -0.25) is 0 Å². The lowest BCUT2D eigenvalue weighted by Gasteiger charge is -2.18. The highest BCUT2D eigenvalue weighted by molar-refractivity contribution is 5.90. The van der Waals surface area contributed by atoms with E-state index in [0.29, 0.717) is 24.7 Å². The molecule has 0 unspecified atom stereocenters.